The minimum atomic E-state index is 0.446. The van der Waals surface area contributed by atoms with E-state index < -0.39 is 0 Å². The molecule has 2 heterocycles. The Labute approximate surface area is 121 Å². The van der Waals surface area contributed by atoms with Crippen molar-refractivity contribution in [2.24, 2.45) is 0 Å². The minimum absolute atomic E-state index is 0.446. The highest BCUT2D eigenvalue weighted by atomic mass is 32.1. The molecular weight excluding hydrogens is 268 g/mol. The van der Waals surface area contributed by atoms with Crippen LogP contribution in [0.2, 0.25) is 0 Å². The summed E-state index contributed by atoms with van der Waals surface area (Å²) in [6.07, 6.45) is 7.35. The zero-order valence-corrected chi connectivity index (χ0v) is 12.3. The molecular formula is C15H16N4S. The third-order valence-electron chi connectivity index (χ3n) is 2.75. The van der Waals surface area contributed by atoms with E-state index in [2.05, 4.69) is 16.5 Å². The number of rotatable bonds is 4. The molecule has 2 aromatic heterocycles. The van der Waals surface area contributed by atoms with Crippen molar-refractivity contribution in [2.75, 3.05) is 5.73 Å². The highest BCUT2D eigenvalue weighted by molar-refractivity contribution is 7.18. The number of nitrogen functional groups attached to an aromatic ring is 1. The topological polar surface area (TPSA) is 75.7 Å². The molecule has 0 atom stereocenters. The lowest BCUT2D eigenvalue weighted by Crippen LogP contribution is -2.00. The van der Waals surface area contributed by atoms with Gasteiger partial charge >= 0.3 is 0 Å². The van der Waals surface area contributed by atoms with E-state index in [0.29, 0.717) is 17.4 Å². The van der Waals surface area contributed by atoms with Gasteiger partial charge in [0.2, 0.25) is 0 Å². The van der Waals surface area contributed by atoms with Gasteiger partial charge in [-0.2, -0.15) is 0 Å². The Bertz CT molecular complexity index is 738. The molecule has 0 aromatic carbocycles. The van der Waals surface area contributed by atoms with Gasteiger partial charge in [0.25, 0.3) is 0 Å². The van der Waals surface area contributed by atoms with Crippen LogP contribution >= 0.6 is 11.3 Å². The molecule has 2 aromatic rings. The predicted molar refractivity (Wildman–Crippen MR) is 87.3 cm³/mol. The molecule has 20 heavy (non-hydrogen) atoms. The number of allylic oxidation sites excluding steroid dienone is 5. The number of anilines is 1. The summed E-state index contributed by atoms with van der Waals surface area (Å²) in [5.74, 6) is 0.996. The number of hydrogen-bond donors (Lipinski definition) is 2. The molecule has 0 aliphatic carbocycles. The van der Waals surface area contributed by atoms with Gasteiger partial charge in [-0.3, -0.25) is 0 Å². The number of nitrogens with zero attached hydrogens (tertiary/aromatic N) is 2. The van der Waals surface area contributed by atoms with Crippen LogP contribution in [-0.2, 0) is 0 Å². The molecule has 0 saturated heterocycles. The van der Waals surface area contributed by atoms with Gasteiger partial charge in [0, 0.05) is 22.2 Å². The van der Waals surface area contributed by atoms with Gasteiger partial charge in [-0.1, -0.05) is 30.9 Å². The Morgan fingerprint density at radius 1 is 1.45 bits per heavy atom. The summed E-state index contributed by atoms with van der Waals surface area (Å²) in [6, 6.07) is 0. The van der Waals surface area contributed by atoms with Gasteiger partial charge in [0.15, 0.2) is 5.82 Å². The Morgan fingerprint density at radius 3 is 2.80 bits per heavy atom. The van der Waals surface area contributed by atoms with E-state index in [1.165, 1.54) is 11.3 Å². The highest BCUT2D eigenvalue weighted by Crippen LogP contribution is 2.30. The first-order valence-corrected chi connectivity index (χ1v) is 7.02. The van der Waals surface area contributed by atoms with Gasteiger partial charge in [-0.05, 0) is 13.8 Å². The summed E-state index contributed by atoms with van der Waals surface area (Å²) in [5.41, 5.74) is 8.87. The van der Waals surface area contributed by atoms with Gasteiger partial charge in [0.1, 0.15) is 5.82 Å². The molecule has 5 heteroatoms. The van der Waals surface area contributed by atoms with Crippen molar-refractivity contribution in [2.45, 2.75) is 13.8 Å². The maximum atomic E-state index is 7.81. The maximum absolute atomic E-state index is 7.81. The van der Waals surface area contributed by atoms with E-state index in [1.807, 2.05) is 30.5 Å². The zero-order chi connectivity index (χ0) is 14.7. The summed E-state index contributed by atoms with van der Waals surface area (Å²) in [4.78, 5) is 8.92. The molecule has 0 radical (unpaired) electrons. The van der Waals surface area contributed by atoms with Crippen molar-refractivity contribution in [3.8, 4) is 0 Å². The summed E-state index contributed by atoms with van der Waals surface area (Å²) in [7, 11) is 0. The van der Waals surface area contributed by atoms with E-state index in [1.54, 1.807) is 13.0 Å². The molecule has 2 rings (SSSR count). The van der Waals surface area contributed by atoms with Gasteiger partial charge in [0.05, 0.1) is 10.2 Å². The first-order valence-electron chi connectivity index (χ1n) is 6.14. The van der Waals surface area contributed by atoms with E-state index >= 15 is 0 Å². The predicted octanol–water partition coefficient (Wildman–Crippen LogP) is 3.81. The average Bonchev–Trinajstić information content (AvgIpc) is 2.83. The van der Waals surface area contributed by atoms with Crippen molar-refractivity contribution in [1.29, 1.82) is 5.41 Å². The van der Waals surface area contributed by atoms with E-state index in [-0.39, 0.29) is 0 Å². The smallest absolute Gasteiger partial charge is 0.162 e. The Balaban J connectivity index is 2.72. The first-order chi connectivity index (χ1) is 9.58. The quantitative estimate of drug-likeness (QED) is 0.662. The Morgan fingerprint density at radius 2 is 2.20 bits per heavy atom. The lowest BCUT2D eigenvalue weighted by Gasteiger charge is -2.04. The standard InChI is InChI=1S/C15H16N4S/c1-4-6-10(7-5-2)15-18-12-11(9(3)16)8-20-13(12)14(17)19-15/h4-8,16H,1H2,2-3H3,(H2,17,18,19)/b7-5?,10-6+,16-9?. The van der Waals surface area contributed by atoms with Crippen molar-refractivity contribution < 1.29 is 0 Å². The number of nitrogens with two attached hydrogens (primary N) is 1. The normalized spacial score (nSPS) is 12.2. The number of hydrogen-bond acceptors (Lipinski definition) is 5. The highest BCUT2D eigenvalue weighted by Gasteiger charge is 2.14. The molecule has 0 aliphatic rings. The summed E-state index contributed by atoms with van der Waals surface area (Å²) in [5, 5.41) is 9.70. The van der Waals surface area contributed by atoms with Crippen LogP contribution in [0.15, 0.2) is 36.3 Å². The number of aromatic nitrogens is 2. The lowest BCUT2D eigenvalue weighted by atomic mass is 10.1. The lowest BCUT2D eigenvalue weighted by molar-refractivity contribution is 1.18. The fourth-order valence-electron chi connectivity index (χ4n) is 1.85. The zero-order valence-electron chi connectivity index (χ0n) is 11.5. The van der Waals surface area contributed by atoms with Gasteiger partial charge < -0.3 is 11.1 Å². The second-order valence-electron chi connectivity index (χ2n) is 4.24. The van der Waals surface area contributed by atoms with Crippen LogP contribution in [0.1, 0.15) is 25.2 Å². The van der Waals surface area contributed by atoms with Gasteiger partial charge in [-0.25, -0.2) is 9.97 Å². The summed E-state index contributed by atoms with van der Waals surface area (Å²) in [6.45, 7) is 7.37. The van der Waals surface area contributed by atoms with Gasteiger partial charge in [-0.15, -0.1) is 11.3 Å². The minimum Gasteiger partial charge on any atom is -0.382 e. The van der Waals surface area contributed by atoms with Crippen molar-refractivity contribution in [3.63, 3.8) is 0 Å². The van der Waals surface area contributed by atoms with Crippen LogP contribution in [0, 0.1) is 5.41 Å². The van der Waals surface area contributed by atoms with E-state index in [4.69, 9.17) is 11.1 Å². The second kappa shape index (κ2) is 5.79. The van der Waals surface area contributed by atoms with E-state index in [9.17, 15) is 0 Å². The van der Waals surface area contributed by atoms with Crippen LogP contribution in [0.25, 0.3) is 15.8 Å². The molecule has 0 aliphatic heterocycles. The van der Waals surface area contributed by atoms with Crippen molar-refractivity contribution in [1.82, 2.24) is 9.97 Å². The molecule has 4 nitrogen and oxygen atoms in total. The number of nitrogens with one attached hydrogen (secondary N) is 1. The summed E-state index contributed by atoms with van der Waals surface area (Å²) >= 11 is 1.47. The molecule has 0 spiro atoms. The fourth-order valence-corrected chi connectivity index (χ4v) is 2.80. The molecule has 0 amide bonds. The molecule has 0 bridgehead atoms. The van der Waals surface area contributed by atoms with Crippen LogP contribution < -0.4 is 5.73 Å². The monoisotopic (exact) mass is 284 g/mol. The summed E-state index contributed by atoms with van der Waals surface area (Å²) < 4.78 is 0.828. The third kappa shape index (κ3) is 2.53. The third-order valence-corrected chi connectivity index (χ3v) is 3.74. The van der Waals surface area contributed by atoms with Crippen LogP contribution in [0.5, 0.6) is 0 Å². The average molecular weight is 284 g/mol. The SMILES string of the molecule is C=C/C=C(\C=CC)c1nc(N)c2scc(C(C)=N)c2n1. The van der Waals surface area contributed by atoms with Crippen molar-refractivity contribution in [3.05, 3.63) is 47.7 Å². The van der Waals surface area contributed by atoms with Crippen LogP contribution in [-0.4, -0.2) is 15.7 Å². The Kier molecular flexibility index (Phi) is 4.10. The number of thiophene rings is 1. The molecule has 0 unspecified atom stereocenters. The maximum Gasteiger partial charge on any atom is 0.162 e. The first kappa shape index (κ1) is 14.1. The van der Waals surface area contributed by atoms with Crippen molar-refractivity contribution >= 4 is 38.7 Å². The van der Waals surface area contributed by atoms with Crippen LogP contribution in [0.4, 0.5) is 5.82 Å². The number of fused-ring (bicyclic) bond motifs is 1. The molecule has 3 N–H and O–H groups in total. The molecule has 102 valence electrons. The van der Waals surface area contributed by atoms with Crippen LogP contribution in [0.3, 0.4) is 0 Å². The second-order valence-corrected chi connectivity index (χ2v) is 5.12. The molecule has 0 fully saturated rings. The fraction of sp³-hybridized carbons (Fsp3) is 0.133. The Hall–Kier alpha value is -2.27. The largest absolute Gasteiger partial charge is 0.382 e. The molecule has 0 saturated carbocycles. The van der Waals surface area contributed by atoms with E-state index in [0.717, 1.165) is 21.4 Å².